The molecule has 0 radical (unpaired) electrons. The van der Waals surface area contributed by atoms with E-state index >= 15 is 0 Å². The van der Waals surface area contributed by atoms with Crippen molar-refractivity contribution in [2.75, 3.05) is 13.1 Å². The van der Waals surface area contributed by atoms with Crippen molar-refractivity contribution in [2.45, 2.75) is 95.1 Å². The van der Waals surface area contributed by atoms with E-state index in [-0.39, 0.29) is 36.3 Å². The van der Waals surface area contributed by atoms with E-state index in [2.05, 4.69) is 10.2 Å². The summed E-state index contributed by atoms with van der Waals surface area (Å²) in [5.74, 6) is 1.53. The number of nitrogens with one attached hydrogen (secondary N) is 1. The maximum atomic E-state index is 13.5. The molecular weight excluding hydrogens is 432 g/mol. The number of carbonyl (C=O) groups excluding carboxylic acids is 1. The summed E-state index contributed by atoms with van der Waals surface area (Å²) in [5.41, 5.74) is 0.592. The maximum Gasteiger partial charge on any atom is 0.251 e. The number of piperidine rings is 1. The summed E-state index contributed by atoms with van der Waals surface area (Å²) in [7, 11) is 0. The number of benzene rings is 1. The van der Waals surface area contributed by atoms with Crippen LogP contribution in [0.4, 0.5) is 0 Å². The second-order valence-electron chi connectivity index (χ2n) is 11.6. The molecule has 2 aliphatic heterocycles. The van der Waals surface area contributed by atoms with Gasteiger partial charge in [-0.3, -0.25) is 9.69 Å². The molecule has 1 aromatic rings. The van der Waals surface area contributed by atoms with Crippen molar-refractivity contribution >= 4 is 5.91 Å². The van der Waals surface area contributed by atoms with Crippen LogP contribution in [-0.4, -0.2) is 64.0 Å². The van der Waals surface area contributed by atoms with Gasteiger partial charge in [0.1, 0.15) is 5.76 Å². The Morgan fingerprint density at radius 1 is 1.29 bits per heavy atom. The highest BCUT2D eigenvalue weighted by atomic mass is 16.6. The number of nitrogens with zero attached hydrogens (tertiary/aromatic N) is 1. The third-order valence-corrected chi connectivity index (χ3v) is 8.55. The molecule has 1 saturated carbocycles. The summed E-state index contributed by atoms with van der Waals surface area (Å²) in [6, 6.07) is 3.54. The zero-order valence-electron chi connectivity index (χ0n) is 20.6. The van der Waals surface area contributed by atoms with Gasteiger partial charge in [0.2, 0.25) is 0 Å². The van der Waals surface area contributed by atoms with Crippen LogP contribution >= 0.6 is 0 Å². The number of ether oxygens (including phenoxy) is 2. The van der Waals surface area contributed by atoms with Gasteiger partial charge in [0.25, 0.3) is 5.91 Å². The van der Waals surface area contributed by atoms with Crippen LogP contribution in [0.1, 0.15) is 64.5 Å². The average molecular weight is 469 g/mol. The van der Waals surface area contributed by atoms with E-state index in [4.69, 9.17) is 9.47 Å². The smallest absolute Gasteiger partial charge is 0.251 e. The molecule has 7 heteroatoms. The quantitative estimate of drug-likeness (QED) is 0.595. The lowest BCUT2D eigenvalue weighted by molar-refractivity contribution is -0.175. The molecule has 0 unspecified atom stereocenters. The van der Waals surface area contributed by atoms with Crippen molar-refractivity contribution in [2.24, 2.45) is 5.92 Å². The fourth-order valence-electron chi connectivity index (χ4n) is 7.08. The molecule has 3 N–H and O–H groups in total. The van der Waals surface area contributed by atoms with Gasteiger partial charge in [-0.15, -0.1) is 0 Å². The van der Waals surface area contributed by atoms with Gasteiger partial charge in [0.05, 0.1) is 22.7 Å². The number of amides is 1. The molecule has 5 aliphatic rings. The van der Waals surface area contributed by atoms with Gasteiger partial charge < -0.3 is 25.0 Å². The maximum absolute atomic E-state index is 13.5. The van der Waals surface area contributed by atoms with Crippen LogP contribution in [0, 0.1) is 5.92 Å². The third kappa shape index (κ3) is 2.92. The lowest BCUT2D eigenvalue weighted by atomic mass is 9.49. The molecular formula is C27H36N2O5. The Morgan fingerprint density at radius 3 is 2.74 bits per heavy atom. The van der Waals surface area contributed by atoms with Crippen LogP contribution < -0.4 is 10.1 Å². The highest BCUT2D eigenvalue weighted by molar-refractivity contribution is 5.95. The molecule has 7 nitrogen and oxygen atoms in total. The predicted molar refractivity (Wildman–Crippen MR) is 127 cm³/mol. The second-order valence-corrected chi connectivity index (χ2v) is 11.6. The summed E-state index contributed by atoms with van der Waals surface area (Å²) >= 11 is 0. The molecule has 1 spiro atoms. The Morgan fingerprint density at radius 2 is 2.06 bits per heavy atom. The minimum absolute atomic E-state index is 0.0413. The second kappa shape index (κ2) is 7.37. The summed E-state index contributed by atoms with van der Waals surface area (Å²) in [5, 5.41) is 26.5. The Hall–Kier alpha value is -2.25. The Balaban J connectivity index is 1.56. The Labute approximate surface area is 201 Å². The van der Waals surface area contributed by atoms with E-state index in [0.717, 1.165) is 24.2 Å². The lowest BCUT2D eigenvalue weighted by Crippen LogP contribution is -2.76. The van der Waals surface area contributed by atoms with Gasteiger partial charge in [-0.05, 0) is 77.5 Å². The highest BCUT2D eigenvalue weighted by Crippen LogP contribution is 2.66. The molecule has 2 fully saturated rings. The first-order valence-electron chi connectivity index (χ1n) is 12.8. The highest BCUT2D eigenvalue weighted by Gasteiger charge is 2.73. The monoisotopic (exact) mass is 468 g/mol. The van der Waals surface area contributed by atoms with Gasteiger partial charge in [-0.2, -0.15) is 0 Å². The largest absolute Gasteiger partial charge is 0.504 e. The summed E-state index contributed by atoms with van der Waals surface area (Å²) in [4.78, 5) is 15.9. The number of aliphatic hydroxyl groups is 1. The molecule has 184 valence electrons. The summed E-state index contributed by atoms with van der Waals surface area (Å²) < 4.78 is 12.8. The van der Waals surface area contributed by atoms with Crippen molar-refractivity contribution in [1.82, 2.24) is 10.2 Å². The first kappa shape index (κ1) is 22.2. The lowest BCUT2D eigenvalue weighted by Gasteiger charge is -2.63. The zero-order chi connectivity index (χ0) is 24.0. The number of likely N-dealkylation sites (tertiary alicyclic amines) is 1. The molecule has 6 rings (SSSR count). The van der Waals surface area contributed by atoms with Crippen molar-refractivity contribution in [1.29, 1.82) is 0 Å². The van der Waals surface area contributed by atoms with Gasteiger partial charge in [-0.25, -0.2) is 0 Å². The molecule has 0 aromatic heterocycles. The van der Waals surface area contributed by atoms with Crippen molar-refractivity contribution in [3.8, 4) is 11.5 Å². The fourth-order valence-corrected chi connectivity index (χ4v) is 7.08. The van der Waals surface area contributed by atoms with Crippen LogP contribution in [0.3, 0.4) is 0 Å². The van der Waals surface area contributed by atoms with E-state index in [9.17, 15) is 15.0 Å². The minimum Gasteiger partial charge on any atom is -0.504 e. The molecule has 2 bridgehead atoms. The third-order valence-electron chi connectivity index (χ3n) is 8.55. The van der Waals surface area contributed by atoms with Crippen LogP contribution in [0.15, 0.2) is 23.5 Å². The van der Waals surface area contributed by atoms with E-state index in [1.165, 1.54) is 12.8 Å². The number of hydrogen-bond donors (Lipinski definition) is 3. The first-order valence-corrected chi connectivity index (χ1v) is 12.8. The van der Waals surface area contributed by atoms with Crippen LogP contribution in [-0.2, 0) is 21.4 Å². The van der Waals surface area contributed by atoms with Crippen LogP contribution in [0.25, 0.3) is 0 Å². The SMILES string of the molecule is CC(C)NC(=O)C1=C(OC(C)C)[C@@H]2Oc3c(O)ccc4c3[C@@]23CCN(CC2CC2)[C@H](C4)[C@]3(O)C1. The molecule has 3 aliphatic carbocycles. The normalized spacial score (nSPS) is 33.7. The van der Waals surface area contributed by atoms with Gasteiger partial charge >= 0.3 is 0 Å². The van der Waals surface area contributed by atoms with Gasteiger partial charge in [0, 0.05) is 30.6 Å². The topological polar surface area (TPSA) is 91.3 Å². The average Bonchev–Trinajstić information content (AvgIpc) is 3.49. The van der Waals surface area contributed by atoms with Crippen LogP contribution in [0.2, 0.25) is 0 Å². The van der Waals surface area contributed by atoms with E-state index < -0.39 is 17.1 Å². The first-order chi connectivity index (χ1) is 16.2. The van der Waals surface area contributed by atoms with Crippen molar-refractivity contribution in [3.05, 3.63) is 34.6 Å². The number of rotatable bonds is 6. The molecule has 4 atom stereocenters. The van der Waals surface area contributed by atoms with E-state index in [1.807, 2.05) is 33.8 Å². The van der Waals surface area contributed by atoms with Crippen molar-refractivity contribution in [3.63, 3.8) is 0 Å². The Kier molecular flexibility index (Phi) is 4.82. The standard InChI is InChI=1S/C27H36N2O5/c1-14(2)28-25(31)18-12-27(32)20-11-17-7-8-19(30)23-21(17)26(27,9-10-29(20)13-16-5-6-16)24(34-23)22(18)33-15(3)4/h7-8,14-16,20,24,30,32H,5-6,9-13H2,1-4H3,(H,28,31)/t20-,24+,26+,27-/m1/s1. The van der Waals surface area contributed by atoms with Gasteiger partial charge in [-0.1, -0.05) is 6.07 Å². The number of phenolic OH excluding ortho intramolecular Hbond substituents is 1. The zero-order valence-corrected chi connectivity index (χ0v) is 20.6. The number of carbonyl (C=O) groups is 1. The van der Waals surface area contributed by atoms with E-state index in [0.29, 0.717) is 35.8 Å². The Bertz CT molecular complexity index is 1080. The molecule has 2 heterocycles. The molecule has 34 heavy (non-hydrogen) atoms. The number of aromatic hydroxyl groups is 1. The van der Waals surface area contributed by atoms with Gasteiger partial charge in [0.15, 0.2) is 17.6 Å². The number of phenols is 1. The number of hydrogen-bond acceptors (Lipinski definition) is 6. The minimum atomic E-state index is -1.19. The summed E-state index contributed by atoms with van der Waals surface area (Å²) in [6.07, 6.45) is 3.30. The van der Waals surface area contributed by atoms with Crippen LogP contribution in [0.5, 0.6) is 11.5 Å². The molecule has 1 amide bonds. The van der Waals surface area contributed by atoms with E-state index in [1.54, 1.807) is 6.07 Å². The molecule has 1 saturated heterocycles. The molecule has 1 aromatic carbocycles. The summed E-state index contributed by atoms with van der Waals surface area (Å²) in [6.45, 7) is 9.59. The predicted octanol–water partition coefficient (Wildman–Crippen LogP) is 2.77. The van der Waals surface area contributed by atoms with Crippen molar-refractivity contribution < 1.29 is 24.5 Å². The fraction of sp³-hybridized carbons (Fsp3) is 0.667.